The summed E-state index contributed by atoms with van der Waals surface area (Å²) in [5.74, 6) is -0.619. The first-order valence-corrected chi connectivity index (χ1v) is 24.7. The van der Waals surface area contributed by atoms with Crippen LogP contribution >= 0.6 is 0 Å². The molecule has 0 fully saturated rings. The summed E-state index contributed by atoms with van der Waals surface area (Å²) in [5, 5.41) is 23.6. The minimum atomic E-state index is -0.820. The number of nitrogens with one attached hydrogen (secondary N) is 1. The molecule has 0 aromatic heterocycles. The molecular formula is C53H93NO5. The van der Waals surface area contributed by atoms with Crippen LogP contribution in [0.15, 0.2) is 72.9 Å². The molecule has 0 spiro atoms. The molecule has 0 aliphatic carbocycles. The Morgan fingerprint density at radius 2 is 0.949 bits per heavy atom. The van der Waals surface area contributed by atoms with Gasteiger partial charge in [-0.3, -0.25) is 9.59 Å². The maximum atomic E-state index is 13.1. The maximum absolute atomic E-state index is 13.1. The first kappa shape index (κ1) is 56.3. The third-order valence-electron chi connectivity index (χ3n) is 10.9. The van der Waals surface area contributed by atoms with Gasteiger partial charge in [-0.25, -0.2) is 0 Å². The van der Waals surface area contributed by atoms with Crippen LogP contribution in [0.5, 0.6) is 0 Å². The van der Waals surface area contributed by atoms with E-state index in [1.165, 1.54) is 122 Å². The van der Waals surface area contributed by atoms with Gasteiger partial charge in [0.15, 0.2) is 0 Å². The Labute approximate surface area is 364 Å². The summed E-state index contributed by atoms with van der Waals surface area (Å²) in [6.07, 6.45) is 58.4. The minimum absolute atomic E-state index is 0.0236. The van der Waals surface area contributed by atoms with E-state index in [2.05, 4.69) is 44.3 Å². The number of aliphatic hydroxyl groups is 2. The largest absolute Gasteiger partial charge is 0.461 e. The molecule has 6 heteroatoms. The van der Waals surface area contributed by atoms with E-state index in [0.717, 1.165) is 57.8 Å². The van der Waals surface area contributed by atoms with Gasteiger partial charge in [-0.05, 0) is 44.9 Å². The van der Waals surface area contributed by atoms with Gasteiger partial charge >= 0.3 is 5.97 Å². The van der Waals surface area contributed by atoms with Crippen LogP contribution in [0.2, 0.25) is 0 Å². The molecule has 59 heavy (non-hydrogen) atoms. The van der Waals surface area contributed by atoms with Crippen molar-refractivity contribution in [2.45, 2.75) is 244 Å². The SMILES string of the molecule is CC/C=C/C=C/C=C\C=C/C=C/CC(CC(=O)NC(CO)C(O)CCCCCCCCCCCCCCC)OC(=O)CCCCCCC/C=C/CCCCCCCCC. The number of carbonyl (C=O) groups excluding carboxylic acids is 2. The van der Waals surface area contributed by atoms with E-state index in [9.17, 15) is 19.8 Å². The van der Waals surface area contributed by atoms with Crippen molar-refractivity contribution in [2.24, 2.45) is 0 Å². The fourth-order valence-electron chi connectivity index (χ4n) is 7.15. The highest BCUT2D eigenvalue weighted by Crippen LogP contribution is 2.16. The van der Waals surface area contributed by atoms with Crippen molar-refractivity contribution in [1.82, 2.24) is 5.32 Å². The molecule has 340 valence electrons. The van der Waals surface area contributed by atoms with E-state index in [1.54, 1.807) is 0 Å². The van der Waals surface area contributed by atoms with Crippen molar-refractivity contribution >= 4 is 11.9 Å². The monoisotopic (exact) mass is 824 g/mol. The van der Waals surface area contributed by atoms with Crippen LogP contribution in [0.3, 0.4) is 0 Å². The summed E-state index contributed by atoms with van der Waals surface area (Å²) in [4.78, 5) is 26.0. The van der Waals surface area contributed by atoms with Crippen molar-refractivity contribution in [3.8, 4) is 0 Å². The third-order valence-corrected chi connectivity index (χ3v) is 10.9. The second-order valence-electron chi connectivity index (χ2n) is 16.6. The normalized spacial score (nSPS) is 13.9. The topological polar surface area (TPSA) is 95.9 Å². The fourth-order valence-corrected chi connectivity index (χ4v) is 7.15. The number of hydrogen-bond donors (Lipinski definition) is 3. The quantitative estimate of drug-likeness (QED) is 0.0246. The van der Waals surface area contributed by atoms with Crippen molar-refractivity contribution in [3.63, 3.8) is 0 Å². The average Bonchev–Trinajstić information content (AvgIpc) is 3.23. The Morgan fingerprint density at radius 1 is 0.525 bits per heavy atom. The van der Waals surface area contributed by atoms with E-state index in [0.29, 0.717) is 19.3 Å². The number of hydrogen-bond acceptors (Lipinski definition) is 5. The Morgan fingerprint density at radius 3 is 1.42 bits per heavy atom. The highest BCUT2D eigenvalue weighted by Gasteiger charge is 2.23. The van der Waals surface area contributed by atoms with Crippen LogP contribution in [-0.2, 0) is 14.3 Å². The first-order chi connectivity index (χ1) is 29.0. The molecule has 0 aromatic rings. The van der Waals surface area contributed by atoms with Gasteiger partial charge in [0.1, 0.15) is 6.10 Å². The lowest BCUT2D eigenvalue weighted by molar-refractivity contribution is -0.150. The summed E-state index contributed by atoms with van der Waals surface area (Å²) in [5.41, 5.74) is 0. The van der Waals surface area contributed by atoms with Gasteiger partial charge in [-0.1, -0.05) is 235 Å². The van der Waals surface area contributed by atoms with Crippen LogP contribution in [0.1, 0.15) is 226 Å². The molecule has 1 amide bonds. The summed E-state index contributed by atoms with van der Waals surface area (Å²) in [6, 6.07) is -0.742. The summed E-state index contributed by atoms with van der Waals surface area (Å²) in [7, 11) is 0. The molecule has 3 N–H and O–H groups in total. The zero-order valence-electron chi connectivity index (χ0n) is 38.6. The van der Waals surface area contributed by atoms with Crippen LogP contribution < -0.4 is 5.32 Å². The maximum Gasteiger partial charge on any atom is 0.306 e. The van der Waals surface area contributed by atoms with Crippen molar-refractivity contribution in [2.75, 3.05) is 6.61 Å². The Bertz CT molecular complexity index is 1110. The molecular weight excluding hydrogens is 731 g/mol. The summed E-state index contributed by atoms with van der Waals surface area (Å²) >= 11 is 0. The number of ether oxygens (including phenoxy) is 1. The van der Waals surface area contributed by atoms with Gasteiger partial charge in [0.05, 0.1) is 25.2 Å². The molecule has 0 rings (SSSR count). The lowest BCUT2D eigenvalue weighted by atomic mass is 10.0. The van der Waals surface area contributed by atoms with Crippen LogP contribution in [0.4, 0.5) is 0 Å². The second-order valence-corrected chi connectivity index (χ2v) is 16.6. The molecule has 0 heterocycles. The van der Waals surface area contributed by atoms with Gasteiger partial charge in [0, 0.05) is 12.8 Å². The highest BCUT2D eigenvalue weighted by atomic mass is 16.5. The molecule has 0 saturated carbocycles. The minimum Gasteiger partial charge on any atom is -0.461 e. The van der Waals surface area contributed by atoms with Crippen LogP contribution in [0.25, 0.3) is 0 Å². The molecule has 3 atom stereocenters. The van der Waals surface area contributed by atoms with Gasteiger partial charge in [-0.15, -0.1) is 0 Å². The molecule has 0 radical (unpaired) electrons. The van der Waals surface area contributed by atoms with Gasteiger partial charge in [0.25, 0.3) is 0 Å². The average molecular weight is 824 g/mol. The Balaban J connectivity index is 4.66. The molecule has 3 unspecified atom stereocenters. The van der Waals surface area contributed by atoms with Crippen LogP contribution in [0, 0.1) is 0 Å². The van der Waals surface area contributed by atoms with Gasteiger partial charge in [-0.2, -0.15) is 0 Å². The molecule has 0 aromatic carbocycles. The number of amides is 1. The number of aliphatic hydroxyl groups excluding tert-OH is 2. The van der Waals surface area contributed by atoms with Gasteiger partial charge in [0.2, 0.25) is 5.91 Å². The number of unbranched alkanes of at least 4 members (excludes halogenated alkanes) is 24. The van der Waals surface area contributed by atoms with Crippen molar-refractivity contribution in [3.05, 3.63) is 72.9 Å². The van der Waals surface area contributed by atoms with E-state index in [4.69, 9.17) is 4.74 Å². The fraction of sp³-hybridized carbons (Fsp3) is 0.736. The molecule has 0 aliphatic heterocycles. The first-order valence-electron chi connectivity index (χ1n) is 24.7. The number of rotatable bonds is 43. The summed E-state index contributed by atoms with van der Waals surface area (Å²) < 4.78 is 5.83. The van der Waals surface area contributed by atoms with Crippen molar-refractivity contribution in [1.29, 1.82) is 0 Å². The van der Waals surface area contributed by atoms with E-state index >= 15 is 0 Å². The molecule has 0 saturated heterocycles. The van der Waals surface area contributed by atoms with Gasteiger partial charge < -0.3 is 20.3 Å². The highest BCUT2D eigenvalue weighted by molar-refractivity contribution is 5.77. The van der Waals surface area contributed by atoms with E-state index < -0.39 is 18.2 Å². The molecule has 6 nitrogen and oxygen atoms in total. The predicted octanol–water partition coefficient (Wildman–Crippen LogP) is 14.6. The molecule has 0 aliphatic rings. The lowest BCUT2D eigenvalue weighted by Gasteiger charge is -2.24. The molecule has 0 bridgehead atoms. The van der Waals surface area contributed by atoms with E-state index in [-0.39, 0.29) is 24.9 Å². The lowest BCUT2D eigenvalue weighted by Crippen LogP contribution is -2.46. The zero-order valence-corrected chi connectivity index (χ0v) is 38.6. The standard InChI is InChI=1S/C53H93NO5/c1-4-7-10-13-16-19-22-24-25-26-28-31-34-37-40-43-46-53(58)59-49(44-41-38-35-32-29-21-18-15-12-9-6-3)47-52(57)54-50(48-55)51(56)45-42-39-36-33-30-27-23-20-17-14-11-8-5-2/h9,12,15,18,21,25-26,29,32,35,38,41,49-51,55-56H,4-8,10-11,13-14,16-17,19-20,22-24,27-28,30-31,33-34,36-37,39-40,42-48H2,1-3H3,(H,54,57)/b12-9+,18-15+,26-25+,29-21-,35-32-,41-38+. The zero-order chi connectivity index (χ0) is 43.1. The summed E-state index contributed by atoms with van der Waals surface area (Å²) in [6.45, 7) is 6.29. The number of carbonyl (C=O) groups is 2. The number of esters is 1. The van der Waals surface area contributed by atoms with Crippen molar-refractivity contribution < 1.29 is 24.5 Å². The smallest absolute Gasteiger partial charge is 0.306 e. The second kappa shape index (κ2) is 46.4. The predicted molar refractivity (Wildman–Crippen MR) is 255 cm³/mol. The Kier molecular flexibility index (Phi) is 44.2. The number of allylic oxidation sites excluding steroid dienone is 11. The third kappa shape index (κ3) is 41.8. The van der Waals surface area contributed by atoms with E-state index in [1.807, 2.05) is 54.7 Å². The van der Waals surface area contributed by atoms with Crippen LogP contribution in [-0.4, -0.2) is 46.9 Å². The Hall–Kier alpha value is -2.70.